The SMILES string of the molecule is COc1cc(C(=O)CN2CCN(C)CC2)cc(OC)c1OCc1ccccc1. The summed E-state index contributed by atoms with van der Waals surface area (Å²) in [6, 6.07) is 13.4. The highest BCUT2D eigenvalue weighted by Crippen LogP contribution is 2.39. The molecule has 2 aromatic carbocycles. The van der Waals surface area contributed by atoms with Gasteiger partial charge in [0.2, 0.25) is 5.75 Å². The number of carbonyl (C=O) groups excluding carboxylic acids is 1. The van der Waals surface area contributed by atoms with Gasteiger partial charge in [0.05, 0.1) is 20.8 Å². The fraction of sp³-hybridized carbons (Fsp3) is 0.409. The average molecular weight is 384 g/mol. The molecule has 0 N–H and O–H groups in total. The van der Waals surface area contributed by atoms with Crippen LogP contribution in [-0.4, -0.2) is 69.6 Å². The number of carbonyl (C=O) groups is 1. The third-order valence-corrected chi connectivity index (χ3v) is 4.97. The van der Waals surface area contributed by atoms with Crippen LogP contribution >= 0.6 is 0 Å². The van der Waals surface area contributed by atoms with Crippen LogP contribution in [-0.2, 0) is 6.61 Å². The molecule has 0 saturated carbocycles. The van der Waals surface area contributed by atoms with Crippen LogP contribution in [0.4, 0.5) is 0 Å². The maximum atomic E-state index is 12.8. The zero-order valence-corrected chi connectivity index (χ0v) is 16.8. The molecule has 2 aromatic rings. The first-order chi connectivity index (χ1) is 13.6. The number of piperazine rings is 1. The smallest absolute Gasteiger partial charge is 0.203 e. The number of ketones is 1. The van der Waals surface area contributed by atoms with Gasteiger partial charge < -0.3 is 19.1 Å². The second-order valence-corrected chi connectivity index (χ2v) is 6.99. The predicted octanol–water partition coefficient (Wildman–Crippen LogP) is 2.71. The zero-order valence-electron chi connectivity index (χ0n) is 16.8. The fourth-order valence-electron chi connectivity index (χ4n) is 3.21. The van der Waals surface area contributed by atoms with Crippen LogP contribution < -0.4 is 14.2 Å². The van der Waals surface area contributed by atoms with Crippen LogP contribution in [0.3, 0.4) is 0 Å². The van der Waals surface area contributed by atoms with Crippen LogP contribution in [0, 0.1) is 0 Å². The zero-order chi connectivity index (χ0) is 19.9. The average Bonchev–Trinajstić information content (AvgIpc) is 2.73. The monoisotopic (exact) mass is 384 g/mol. The van der Waals surface area contributed by atoms with Gasteiger partial charge in [0.15, 0.2) is 17.3 Å². The normalized spacial score (nSPS) is 15.2. The Kier molecular flexibility index (Phi) is 6.90. The summed E-state index contributed by atoms with van der Waals surface area (Å²) in [7, 11) is 5.24. The maximum Gasteiger partial charge on any atom is 0.203 e. The molecule has 1 aliphatic rings. The van der Waals surface area contributed by atoms with E-state index in [-0.39, 0.29) is 5.78 Å². The number of benzene rings is 2. The molecule has 28 heavy (non-hydrogen) atoms. The molecule has 1 heterocycles. The molecule has 1 aliphatic heterocycles. The maximum absolute atomic E-state index is 12.8. The van der Waals surface area contributed by atoms with Crippen molar-refractivity contribution in [3.8, 4) is 17.2 Å². The molecule has 0 amide bonds. The van der Waals surface area contributed by atoms with Crippen LogP contribution in [0.2, 0.25) is 0 Å². The van der Waals surface area contributed by atoms with Crippen LogP contribution in [0.25, 0.3) is 0 Å². The summed E-state index contributed by atoms with van der Waals surface area (Å²) < 4.78 is 16.9. The Labute approximate surface area is 166 Å². The van der Waals surface area contributed by atoms with E-state index in [9.17, 15) is 4.79 Å². The lowest BCUT2D eigenvalue weighted by Crippen LogP contribution is -2.46. The molecule has 0 spiro atoms. The number of hydrogen-bond acceptors (Lipinski definition) is 6. The van der Waals surface area contributed by atoms with E-state index in [1.807, 2.05) is 30.3 Å². The largest absolute Gasteiger partial charge is 0.493 e. The molecule has 0 radical (unpaired) electrons. The second kappa shape index (κ2) is 9.57. The molecule has 0 unspecified atom stereocenters. The third kappa shape index (κ3) is 5.03. The Bertz CT molecular complexity index is 761. The first-order valence-corrected chi connectivity index (χ1v) is 9.47. The van der Waals surface area contributed by atoms with Crippen molar-refractivity contribution < 1.29 is 19.0 Å². The lowest BCUT2D eigenvalue weighted by atomic mass is 10.1. The van der Waals surface area contributed by atoms with E-state index in [0.717, 1.165) is 31.7 Å². The third-order valence-electron chi connectivity index (χ3n) is 4.97. The molecule has 0 bridgehead atoms. The second-order valence-electron chi connectivity index (χ2n) is 6.99. The molecule has 6 nitrogen and oxygen atoms in total. The summed E-state index contributed by atoms with van der Waals surface area (Å²) in [5, 5.41) is 0. The highest BCUT2D eigenvalue weighted by Gasteiger charge is 2.21. The molecular weight excluding hydrogens is 356 g/mol. The Balaban J connectivity index is 1.75. The summed E-state index contributed by atoms with van der Waals surface area (Å²) in [4.78, 5) is 17.3. The van der Waals surface area contributed by atoms with Gasteiger partial charge in [0, 0.05) is 31.7 Å². The molecule has 0 aromatic heterocycles. The van der Waals surface area contributed by atoms with E-state index < -0.39 is 0 Å². The van der Waals surface area contributed by atoms with Crippen molar-refractivity contribution in [2.45, 2.75) is 6.61 Å². The standard InChI is InChI=1S/C22H28N2O4/c1-23-9-11-24(12-10-23)15-19(25)18-13-20(26-2)22(21(14-18)27-3)28-16-17-7-5-4-6-8-17/h4-8,13-14H,9-12,15-16H2,1-3H3. The number of hydrogen-bond donors (Lipinski definition) is 0. The van der Waals surface area contributed by atoms with Crippen molar-refractivity contribution >= 4 is 5.78 Å². The summed E-state index contributed by atoms with van der Waals surface area (Å²) in [5.74, 6) is 1.55. The van der Waals surface area contributed by atoms with Gasteiger partial charge in [-0.3, -0.25) is 9.69 Å². The molecule has 1 saturated heterocycles. The van der Waals surface area contributed by atoms with E-state index in [1.165, 1.54) is 0 Å². The number of Topliss-reactive ketones (excluding diaryl/α,β-unsaturated/α-hetero) is 1. The summed E-state index contributed by atoms with van der Waals surface area (Å²) in [5.41, 5.74) is 1.61. The lowest BCUT2D eigenvalue weighted by Gasteiger charge is -2.31. The molecule has 1 fully saturated rings. The van der Waals surface area contributed by atoms with Gasteiger partial charge in [-0.05, 0) is 24.7 Å². The fourth-order valence-corrected chi connectivity index (χ4v) is 3.21. The Morgan fingerprint density at radius 1 is 0.964 bits per heavy atom. The summed E-state index contributed by atoms with van der Waals surface area (Å²) >= 11 is 0. The van der Waals surface area contributed by atoms with Crippen LogP contribution in [0.1, 0.15) is 15.9 Å². The molecule has 3 rings (SSSR count). The lowest BCUT2D eigenvalue weighted by molar-refractivity contribution is 0.0875. The minimum absolute atomic E-state index is 0.0516. The Morgan fingerprint density at radius 3 is 2.14 bits per heavy atom. The van der Waals surface area contributed by atoms with E-state index in [0.29, 0.717) is 36.0 Å². The quantitative estimate of drug-likeness (QED) is 0.653. The van der Waals surface area contributed by atoms with Gasteiger partial charge in [-0.1, -0.05) is 30.3 Å². The van der Waals surface area contributed by atoms with Gasteiger partial charge in [0.1, 0.15) is 6.61 Å². The van der Waals surface area contributed by atoms with Gasteiger partial charge >= 0.3 is 0 Å². The number of methoxy groups -OCH3 is 2. The van der Waals surface area contributed by atoms with Crippen molar-refractivity contribution in [1.29, 1.82) is 0 Å². The van der Waals surface area contributed by atoms with Gasteiger partial charge in [-0.25, -0.2) is 0 Å². The number of nitrogens with zero attached hydrogens (tertiary/aromatic N) is 2. The van der Waals surface area contributed by atoms with Crippen LogP contribution in [0.15, 0.2) is 42.5 Å². The molecule has 0 atom stereocenters. The van der Waals surface area contributed by atoms with E-state index in [4.69, 9.17) is 14.2 Å². The minimum Gasteiger partial charge on any atom is -0.493 e. The summed E-state index contributed by atoms with van der Waals surface area (Å²) in [6.07, 6.45) is 0. The van der Waals surface area contributed by atoms with Crippen molar-refractivity contribution in [1.82, 2.24) is 9.80 Å². The Morgan fingerprint density at radius 2 is 1.57 bits per heavy atom. The highest BCUT2D eigenvalue weighted by atomic mass is 16.5. The molecule has 6 heteroatoms. The van der Waals surface area contributed by atoms with E-state index in [1.54, 1.807) is 26.4 Å². The van der Waals surface area contributed by atoms with Crippen molar-refractivity contribution in [2.75, 3.05) is 54.0 Å². The highest BCUT2D eigenvalue weighted by molar-refractivity contribution is 5.98. The minimum atomic E-state index is 0.0516. The predicted molar refractivity (Wildman–Crippen MR) is 109 cm³/mol. The van der Waals surface area contributed by atoms with E-state index >= 15 is 0 Å². The van der Waals surface area contributed by atoms with Crippen LogP contribution in [0.5, 0.6) is 17.2 Å². The first-order valence-electron chi connectivity index (χ1n) is 9.47. The van der Waals surface area contributed by atoms with Gasteiger partial charge in [-0.15, -0.1) is 0 Å². The topological polar surface area (TPSA) is 51.2 Å². The van der Waals surface area contributed by atoms with Gasteiger partial charge in [-0.2, -0.15) is 0 Å². The van der Waals surface area contributed by atoms with Gasteiger partial charge in [0.25, 0.3) is 0 Å². The molecule has 150 valence electrons. The molecular formula is C22H28N2O4. The summed E-state index contributed by atoms with van der Waals surface area (Å²) in [6.45, 7) is 4.54. The Hall–Kier alpha value is -2.57. The van der Waals surface area contributed by atoms with Crippen molar-refractivity contribution in [2.24, 2.45) is 0 Å². The molecule has 0 aliphatic carbocycles. The number of likely N-dealkylation sites (N-methyl/N-ethyl adjacent to an activating group) is 1. The van der Waals surface area contributed by atoms with Crippen molar-refractivity contribution in [3.63, 3.8) is 0 Å². The van der Waals surface area contributed by atoms with Crippen molar-refractivity contribution in [3.05, 3.63) is 53.6 Å². The number of ether oxygens (including phenoxy) is 3. The van der Waals surface area contributed by atoms with E-state index in [2.05, 4.69) is 16.8 Å². The number of rotatable bonds is 8. The first kappa shape index (κ1) is 20.2.